The van der Waals surface area contributed by atoms with Crippen molar-refractivity contribution < 1.29 is 18.8 Å². The van der Waals surface area contributed by atoms with E-state index in [1.165, 1.54) is 7.11 Å². The summed E-state index contributed by atoms with van der Waals surface area (Å²) >= 11 is 3.26. The van der Waals surface area contributed by atoms with Gasteiger partial charge in [0.25, 0.3) is 0 Å². The van der Waals surface area contributed by atoms with E-state index in [1.807, 2.05) is 42.5 Å². The summed E-state index contributed by atoms with van der Waals surface area (Å²) < 4.78 is 19.4. The number of oxime groups is 1. The Kier molecular flexibility index (Phi) is 7.13. The molecule has 0 saturated carbocycles. The van der Waals surface area contributed by atoms with Gasteiger partial charge in [-0.2, -0.15) is 0 Å². The highest BCUT2D eigenvalue weighted by Gasteiger charge is 2.29. The molecule has 3 atom stereocenters. The predicted molar refractivity (Wildman–Crippen MR) is 99.9 cm³/mol. The minimum atomic E-state index is -1.58. The van der Waals surface area contributed by atoms with Crippen molar-refractivity contribution in [3.63, 3.8) is 0 Å². The van der Waals surface area contributed by atoms with Crippen molar-refractivity contribution in [3.05, 3.63) is 60.2 Å². The predicted octanol–water partition coefficient (Wildman–Crippen LogP) is 4.63. The third-order valence-electron chi connectivity index (χ3n) is 3.55. The lowest BCUT2D eigenvalue weighted by molar-refractivity contribution is 0.0181. The molecule has 25 heavy (non-hydrogen) atoms. The highest BCUT2D eigenvalue weighted by atomic mass is 79.9. The number of ether oxygens (including phenoxy) is 1. The summed E-state index contributed by atoms with van der Waals surface area (Å²) in [4.78, 5) is 16.4. The van der Waals surface area contributed by atoms with Crippen LogP contribution < -0.4 is 0 Å². The molecule has 132 valence electrons. The monoisotopic (exact) mass is 407 g/mol. The minimum absolute atomic E-state index is 0.355. The Balaban J connectivity index is 2.10. The second-order valence-electron chi connectivity index (χ2n) is 5.37. The van der Waals surface area contributed by atoms with Gasteiger partial charge in [-0.3, -0.25) is 0 Å². The van der Waals surface area contributed by atoms with Gasteiger partial charge in [-0.05, 0) is 30.2 Å². The number of halogens is 2. The first-order valence-corrected chi connectivity index (χ1v) is 8.65. The molecule has 0 aliphatic rings. The number of hydrogen-bond acceptors (Lipinski definition) is 4. The summed E-state index contributed by atoms with van der Waals surface area (Å²) in [6.07, 6.45) is -1.63. The normalized spacial score (nSPS) is 14.7. The summed E-state index contributed by atoms with van der Waals surface area (Å²) in [6.45, 7) is 1.70. The number of nitrogens with zero attached hydrogens (tertiary/aromatic N) is 1. The average Bonchev–Trinajstić information content (AvgIpc) is 2.64. The van der Waals surface area contributed by atoms with Crippen molar-refractivity contribution in [2.75, 3.05) is 7.11 Å². The largest absolute Gasteiger partial charge is 0.454 e. The van der Waals surface area contributed by atoms with Gasteiger partial charge in [0.1, 0.15) is 7.11 Å². The van der Waals surface area contributed by atoms with Crippen LogP contribution in [-0.2, 0) is 9.57 Å². The van der Waals surface area contributed by atoms with Gasteiger partial charge in [-0.15, -0.1) is 0 Å². The summed E-state index contributed by atoms with van der Waals surface area (Å²) in [7, 11) is 1.32. The first kappa shape index (κ1) is 19.1. The molecule has 0 aromatic heterocycles. The smallest absolute Gasteiger partial charge is 0.338 e. The molecule has 0 unspecified atom stereocenters. The van der Waals surface area contributed by atoms with Crippen LogP contribution in [0.15, 0.2) is 59.8 Å². The summed E-state index contributed by atoms with van der Waals surface area (Å²) in [5.74, 6) is -0.593. The van der Waals surface area contributed by atoms with Crippen LogP contribution >= 0.6 is 15.9 Å². The molecule has 0 aliphatic heterocycles. The average molecular weight is 408 g/mol. The second-order valence-corrected chi connectivity index (χ2v) is 6.82. The van der Waals surface area contributed by atoms with Crippen molar-refractivity contribution in [3.8, 4) is 11.1 Å². The van der Waals surface area contributed by atoms with Gasteiger partial charge in [-0.25, -0.2) is 9.18 Å². The number of carbonyl (C=O) groups excluding carboxylic acids is 1. The molecule has 0 spiro atoms. The zero-order valence-electron chi connectivity index (χ0n) is 13.9. The Morgan fingerprint density at radius 2 is 1.72 bits per heavy atom. The van der Waals surface area contributed by atoms with Gasteiger partial charge < -0.3 is 9.57 Å². The Morgan fingerprint density at radius 1 is 1.12 bits per heavy atom. The molecule has 4 nitrogen and oxygen atoms in total. The minimum Gasteiger partial charge on any atom is -0.454 e. The van der Waals surface area contributed by atoms with Crippen LogP contribution in [0.5, 0.6) is 0 Å². The Hall–Kier alpha value is -2.21. The molecule has 0 bridgehead atoms. The van der Waals surface area contributed by atoms with Crippen LogP contribution in [0.2, 0.25) is 0 Å². The van der Waals surface area contributed by atoms with E-state index in [0.717, 1.165) is 17.3 Å². The molecule has 2 aromatic rings. The van der Waals surface area contributed by atoms with E-state index < -0.39 is 23.1 Å². The van der Waals surface area contributed by atoms with Gasteiger partial charge in [0.2, 0.25) is 0 Å². The van der Waals surface area contributed by atoms with E-state index in [9.17, 15) is 9.18 Å². The van der Waals surface area contributed by atoms with Crippen molar-refractivity contribution in [2.45, 2.75) is 24.0 Å². The van der Waals surface area contributed by atoms with Gasteiger partial charge in [0, 0.05) is 0 Å². The number of rotatable bonds is 7. The number of carbonyl (C=O) groups is 1. The quantitative estimate of drug-likeness (QED) is 0.291. The van der Waals surface area contributed by atoms with Crippen LogP contribution in [0.25, 0.3) is 11.1 Å². The molecule has 0 N–H and O–H groups in total. The van der Waals surface area contributed by atoms with Crippen LogP contribution in [0, 0.1) is 0 Å². The van der Waals surface area contributed by atoms with Crippen LogP contribution in [0.4, 0.5) is 4.39 Å². The Labute approximate surface area is 154 Å². The molecule has 6 heteroatoms. The molecular weight excluding hydrogens is 389 g/mol. The van der Waals surface area contributed by atoms with Gasteiger partial charge in [0.05, 0.1) is 16.6 Å². The summed E-state index contributed by atoms with van der Waals surface area (Å²) in [6, 6.07) is 16.8. The SMILES string of the molecule is CO/N=C/[C@@H](F)[C@H](OC(=O)c1ccc(-c2ccccc2)cc1)[C@H](C)Br. The highest BCUT2D eigenvalue weighted by molar-refractivity contribution is 9.09. The van der Waals surface area contributed by atoms with Crippen molar-refractivity contribution in [2.24, 2.45) is 5.16 Å². The number of hydrogen-bond donors (Lipinski definition) is 0. The van der Waals surface area contributed by atoms with E-state index in [1.54, 1.807) is 19.1 Å². The first-order valence-electron chi connectivity index (χ1n) is 7.74. The molecule has 0 aliphatic carbocycles. The third kappa shape index (κ3) is 5.39. The maximum absolute atomic E-state index is 14.1. The lowest BCUT2D eigenvalue weighted by atomic mass is 10.0. The van der Waals surface area contributed by atoms with E-state index in [4.69, 9.17) is 4.74 Å². The molecule has 0 amide bonds. The maximum Gasteiger partial charge on any atom is 0.338 e. The molecule has 0 fully saturated rings. The summed E-state index contributed by atoms with van der Waals surface area (Å²) in [5, 5.41) is 3.39. The second kappa shape index (κ2) is 9.32. The van der Waals surface area contributed by atoms with E-state index in [2.05, 4.69) is 25.9 Å². The maximum atomic E-state index is 14.1. The fraction of sp³-hybridized carbons (Fsp3) is 0.263. The van der Waals surface area contributed by atoms with Crippen molar-refractivity contribution in [1.29, 1.82) is 0 Å². The lowest BCUT2D eigenvalue weighted by Gasteiger charge is -2.21. The van der Waals surface area contributed by atoms with Crippen molar-refractivity contribution in [1.82, 2.24) is 0 Å². The standard InChI is InChI=1S/C19H19BrFNO3/c1-13(20)18(17(21)12-22-24-2)25-19(23)16-10-8-15(9-11-16)14-6-4-3-5-7-14/h3-13,17-18H,1-2H3/b22-12+/t13-,17+,18+/m0/s1. The molecule has 0 radical (unpaired) electrons. The number of benzene rings is 2. The highest BCUT2D eigenvalue weighted by Crippen LogP contribution is 2.21. The molecule has 0 heterocycles. The van der Waals surface area contributed by atoms with E-state index in [-0.39, 0.29) is 0 Å². The van der Waals surface area contributed by atoms with Crippen LogP contribution in [0.3, 0.4) is 0 Å². The van der Waals surface area contributed by atoms with Gasteiger partial charge >= 0.3 is 5.97 Å². The third-order valence-corrected chi connectivity index (χ3v) is 4.07. The fourth-order valence-corrected chi connectivity index (χ4v) is 2.64. The zero-order chi connectivity index (χ0) is 18.2. The van der Waals surface area contributed by atoms with Gasteiger partial charge in [0.15, 0.2) is 12.3 Å². The zero-order valence-corrected chi connectivity index (χ0v) is 15.5. The fourth-order valence-electron chi connectivity index (χ4n) is 2.24. The molecule has 0 saturated heterocycles. The van der Waals surface area contributed by atoms with Crippen molar-refractivity contribution >= 4 is 28.1 Å². The molecule has 2 rings (SSSR count). The van der Waals surface area contributed by atoms with E-state index in [0.29, 0.717) is 5.56 Å². The number of esters is 1. The topological polar surface area (TPSA) is 47.9 Å². The Bertz CT molecular complexity index is 704. The van der Waals surface area contributed by atoms with Crippen LogP contribution in [-0.4, -0.2) is 36.4 Å². The van der Waals surface area contributed by atoms with Gasteiger partial charge in [-0.1, -0.05) is 63.6 Å². The molecule has 2 aromatic carbocycles. The molecular formula is C19H19BrFNO3. The summed E-state index contributed by atoms with van der Waals surface area (Å²) in [5.41, 5.74) is 2.39. The Morgan fingerprint density at radius 3 is 2.28 bits per heavy atom. The first-order chi connectivity index (χ1) is 12.0. The van der Waals surface area contributed by atoms with E-state index >= 15 is 0 Å². The van der Waals surface area contributed by atoms with Crippen LogP contribution in [0.1, 0.15) is 17.3 Å². The number of alkyl halides is 2. The lowest BCUT2D eigenvalue weighted by Crippen LogP contribution is -2.35.